The number of hydrogen-bond donors (Lipinski definition) is 1. The van der Waals surface area contributed by atoms with Gasteiger partial charge in [-0.15, -0.1) is 0 Å². The van der Waals surface area contributed by atoms with Gasteiger partial charge in [0.15, 0.2) is 6.29 Å². The summed E-state index contributed by atoms with van der Waals surface area (Å²) in [6.07, 6.45) is 0.522. The maximum Gasteiger partial charge on any atom is 0.338 e. The average molecular weight is 252 g/mol. The second kappa shape index (κ2) is 6.79. The van der Waals surface area contributed by atoms with Crippen LogP contribution >= 0.6 is 0 Å². The molecule has 100 valence electrons. The molecule has 1 aromatic rings. The van der Waals surface area contributed by atoms with Crippen molar-refractivity contribution in [2.24, 2.45) is 0 Å². The van der Waals surface area contributed by atoms with Gasteiger partial charge in [-0.05, 0) is 39.0 Å². The molecule has 0 aliphatic heterocycles. The SMILES string of the molecule is CC.CC(C)(C)OC(=O)c1ccc(C=O)c(O)c1. The molecule has 4 nitrogen and oxygen atoms in total. The van der Waals surface area contributed by atoms with E-state index in [1.54, 1.807) is 20.8 Å². The lowest BCUT2D eigenvalue weighted by molar-refractivity contribution is 0.00689. The Kier molecular flexibility index (Phi) is 6.09. The first-order valence-electron chi connectivity index (χ1n) is 5.85. The van der Waals surface area contributed by atoms with Crippen molar-refractivity contribution < 1.29 is 19.4 Å². The van der Waals surface area contributed by atoms with Crippen molar-refractivity contribution in [1.29, 1.82) is 0 Å². The Morgan fingerprint density at radius 3 is 2.22 bits per heavy atom. The highest BCUT2D eigenvalue weighted by Gasteiger charge is 2.18. The Bertz CT molecular complexity index is 416. The Morgan fingerprint density at radius 2 is 1.83 bits per heavy atom. The summed E-state index contributed by atoms with van der Waals surface area (Å²) in [5, 5.41) is 9.40. The van der Waals surface area contributed by atoms with Crippen LogP contribution in [0.5, 0.6) is 5.75 Å². The Balaban J connectivity index is 0.00000137. The third-order valence-electron chi connectivity index (χ3n) is 1.79. The first kappa shape index (κ1) is 16.2. The predicted octanol–water partition coefficient (Wildman–Crippen LogP) is 3.19. The van der Waals surface area contributed by atoms with Gasteiger partial charge in [-0.1, -0.05) is 13.8 Å². The van der Waals surface area contributed by atoms with Crippen LogP contribution in [-0.4, -0.2) is 23.0 Å². The van der Waals surface area contributed by atoms with E-state index in [0.717, 1.165) is 0 Å². The number of carbonyl (C=O) groups excluding carboxylic acids is 2. The molecule has 18 heavy (non-hydrogen) atoms. The van der Waals surface area contributed by atoms with Gasteiger partial charge in [0.25, 0.3) is 0 Å². The number of benzene rings is 1. The normalized spacial score (nSPS) is 10.1. The van der Waals surface area contributed by atoms with Crippen LogP contribution in [0.25, 0.3) is 0 Å². The zero-order valence-electron chi connectivity index (χ0n) is 11.5. The molecule has 0 unspecified atom stereocenters. The molecular weight excluding hydrogens is 232 g/mol. The summed E-state index contributed by atoms with van der Waals surface area (Å²) < 4.78 is 5.11. The lowest BCUT2D eigenvalue weighted by Gasteiger charge is -2.19. The van der Waals surface area contributed by atoms with Crippen molar-refractivity contribution in [2.75, 3.05) is 0 Å². The third-order valence-corrected chi connectivity index (χ3v) is 1.79. The van der Waals surface area contributed by atoms with Gasteiger partial charge >= 0.3 is 5.97 Å². The summed E-state index contributed by atoms with van der Waals surface area (Å²) >= 11 is 0. The summed E-state index contributed by atoms with van der Waals surface area (Å²) in [6, 6.07) is 4.04. The number of esters is 1. The lowest BCUT2D eigenvalue weighted by atomic mass is 10.1. The third kappa shape index (κ3) is 4.99. The van der Waals surface area contributed by atoms with Crippen LogP contribution < -0.4 is 0 Å². The first-order valence-corrected chi connectivity index (χ1v) is 5.85. The molecule has 0 radical (unpaired) electrons. The van der Waals surface area contributed by atoms with E-state index in [0.29, 0.717) is 6.29 Å². The molecule has 0 atom stereocenters. The molecule has 0 saturated carbocycles. The molecule has 1 aromatic carbocycles. The van der Waals surface area contributed by atoms with Gasteiger partial charge in [0, 0.05) is 0 Å². The fourth-order valence-corrected chi connectivity index (χ4v) is 1.11. The monoisotopic (exact) mass is 252 g/mol. The van der Waals surface area contributed by atoms with E-state index >= 15 is 0 Å². The van der Waals surface area contributed by atoms with Crippen molar-refractivity contribution in [1.82, 2.24) is 0 Å². The van der Waals surface area contributed by atoms with Gasteiger partial charge in [0.05, 0.1) is 11.1 Å². The van der Waals surface area contributed by atoms with Crippen LogP contribution in [-0.2, 0) is 4.74 Å². The quantitative estimate of drug-likeness (QED) is 0.648. The number of carbonyl (C=O) groups is 2. The highest BCUT2D eigenvalue weighted by molar-refractivity contribution is 5.92. The molecular formula is C14H20O4. The van der Waals surface area contributed by atoms with Crippen LogP contribution in [0, 0.1) is 0 Å². The summed E-state index contributed by atoms with van der Waals surface area (Å²) in [4.78, 5) is 22.1. The maximum absolute atomic E-state index is 11.6. The minimum absolute atomic E-state index is 0.146. The van der Waals surface area contributed by atoms with Gasteiger partial charge in [0.1, 0.15) is 11.4 Å². The minimum Gasteiger partial charge on any atom is -0.507 e. The van der Waals surface area contributed by atoms with Crippen LogP contribution in [0.15, 0.2) is 18.2 Å². The molecule has 0 amide bonds. The van der Waals surface area contributed by atoms with Gasteiger partial charge in [-0.25, -0.2) is 4.79 Å². The molecule has 0 aliphatic rings. The number of phenols is 1. The zero-order valence-corrected chi connectivity index (χ0v) is 11.5. The average Bonchev–Trinajstić information content (AvgIpc) is 2.29. The lowest BCUT2D eigenvalue weighted by Crippen LogP contribution is -2.23. The Hall–Kier alpha value is -1.84. The molecule has 1 N–H and O–H groups in total. The molecule has 0 saturated heterocycles. The molecule has 0 bridgehead atoms. The molecule has 0 aliphatic carbocycles. The summed E-state index contributed by atoms with van der Waals surface area (Å²) in [5.41, 5.74) is -0.221. The van der Waals surface area contributed by atoms with Crippen LogP contribution in [0.3, 0.4) is 0 Å². The van der Waals surface area contributed by atoms with Crippen molar-refractivity contribution >= 4 is 12.3 Å². The topological polar surface area (TPSA) is 63.6 Å². The Morgan fingerprint density at radius 1 is 1.28 bits per heavy atom. The summed E-state index contributed by atoms with van der Waals surface area (Å²) in [6.45, 7) is 9.26. The number of ether oxygens (including phenoxy) is 1. The summed E-state index contributed by atoms with van der Waals surface area (Å²) in [5.74, 6) is -0.751. The van der Waals surface area contributed by atoms with E-state index < -0.39 is 11.6 Å². The first-order chi connectivity index (χ1) is 8.33. The number of hydrogen-bond acceptors (Lipinski definition) is 4. The van der Waals surface area contributed by atoms with Gasteiger partial charge in [-0.3, -0.25) is 4.79 Å². The van der Waals surface area contributed by atoms with Gasteiger partial charge in [0.2, 0.25) is 0 Å². The van der Waals surface area contributed by atoms with Crippen LogP contribution in [0.1, 0.15) is 55.3 Å². The van der Waals surface area contributed by atoms with Gasteiger partial charge < -0.3 is 9.84 Å². The fourth-order valence-electron chi connectivity index (χ4n) is 1.11. The molecule has 0 heterocycles. The van der Waals surface area contributed by atoms with Crippen LogP contribution in [0.4, 0.5) is 0 Å². The fraction of sp³-hybridized carbons (Fsp3) is 0.429. The molecule has 0 aromatic heterocycles. The predicted molar refractivity (Wildman–Crippen MR) is 70.0 cm³/mol. The van der Waals surface area contributed by atoms with Gasteiger partial charge in [-0.2, -0.15) is 0 Å². The van der Waals surface area contributed by atoms with E-state index in [-0.39, 0.29) is 16.9 Å². The second-order valence-corrected chi connectivity index (χ2v) is 4.39. The van der Waals surface area contributed by atoms with E-state index in [4.69, 9.17) is 4.74 Å². The second-order valence-electron chi connectivity index (χ2n) is 4.39. The largest absolute Gasteiger partial charge is 0.507 e. The minimum atomic E-state index is -0.587. The van der Waals surface area contributed by atoms with Crippen molar-refractivity contribution in [3.8, 4) is 5.75 Å². The maximum atomic E-state index is 11.6. The van der Waals surface area contributed by atoms with E-state index in [1.807, 2.05) is 13.8 Å². The number of rotatable bonds is 2. The number of aldehydes is 1. The molecule has 4 heteroatoms. The Labute approximate surface area is 108 Å². The zero-order chi connectivity index (χ0) is 14.3. The number of phenolic OH excluding ortho intramolecular Hbond substituents is 1. The molecule has 1 rings (SSSR count). The molecule has 0 spiro atoms. The van der Waals surface area contributed by atoms with Crippen molar-refractivity contribution in [3.63, 3.8) is 0 Å². The van der Waals surface area contributed by atoms with E-state index in [9.17, 15) is 14.7 Å². The van der Waals surface area contributed by atoms with E-state index in [1.165, 1.54) is 18.2 Å². The smallest absolute Gasteiger partial charge is 0.338 e. The van der Waals surface area contributed by atoms with Crippen molar-refractivity contribution in [3.05, 3.63) is 29.3 Å². The highest BCUT2D eigenvalue weighted by atomic mass is 16.6. The standard InChI is InChI=1S/C12H14O4.C2H6/c1-12(2,3)16-11(15)8-4-5-9(7-13)10(14)6-8;1-2/h4-7,14H,1-3H3;1-2H3. The van der Waals surface area contributed by atoms with E-state index in [2.05, 4.69) is 0 Å². The summed E-state index contributed by atoms with van der Waals surface area (Å²) in [7, 11) is 0. The van der Waals surface area contributed by atoms with Crippen molar-refractivity contribution in [2.45, 2.75) is 40.2 Å². The number of aromatic hydroxyl groups is 1. The highest BCUT2D eigenvalue weighted by Crippen LogP contribution is 2.19. The van der Waals surface area contributed by atoms with Crippen LogP contribution in [0.2, 0.25) is 0 Å². The molecule has 0 fully saturated rings.